The van der Waals surface area contributed by atoms with E-state index in [1.165, 1.54) is 4.88 Å². The number of hydrogen-bond acceptors (Lipinski definition) is 5. The van der Waals surface area contributed by atoms with Crippen LogP contribution in [0.4, 0.5) is 0 Å². The second-order valence-electron chi connectivity index (χ2n) is 6.13. The van der Waals surface area contributed by atoms with Crippen molar-refractivity contribution >= 4 is 47.2 Å². The zero-order valence-electron chi connectivity index (χ0n) is 17.2. The summed E-state index contributed by atoms with van der Waals surface area (Å²) in [7, 11) is 0. The maximum atomic E-state index is 11.5. The molecule has 160 valence electrons. The summed E-state index contributed by atoms with van der Waals surface area (Å²) < 4.78 is 5.53. The fourth-order valence-electron chi connectivity index (χ4n) is 2.45. The van der Waals surface area contributed by atoms with E-state index in [0.29, 0.717) is 18.8 Å². The molecule has 0 unspecified atom stereocenters. The number of rotatable bonds is 10. The minimum Gasteiger partial charge on any atom is -0.484 e. The lowest BCUT2D eigenvalue weighted by atomic mass is 10.2. The molecule has 0 saturated carbocycles. The Morgan fingerprint density at radius 2 is 2.00 bits per heavy atom. The number of ether oxygens (including phenoxy) is 1. The number of aromatic nitrogens is 1. The van der Waals surface area contributed by atoms with Gasteiger partial charge in [-0.1, -0.05) is 12.1 Å². The molecule has 7 nitrogen and oxygen atoms in total. The number of hydrogen-bond donors (Lipinski definition) is 3. The van der Waals surface area contributed by atoms with Gasteiger partial charge in [0, 0.05) is 37.1 Å². The highest BCUT2D eigenvalue weighted by atomic mass is 127. The normalized spacial score (nSPS) is 10.8. The van der Waals surface area contributed by atoms with Crippen LogP contribution in [0.25, 0.3) is 0 Å². The Kier molecular flexibility index (Phi) is 12.3. The molecule has 0 atom stereocenters. The number of carbonyl (C=O) groups excluding carboxylic acids is 1. The second-order valence-corrected chi connectivity index (χ2v) is 7.45. The maximum Gasteiger partial charge on any atom is 0.257 e. The summed E-state index contributed by atoms with van der Waals surface area (Å²) in [6.07, 6.45) is 2.77. The summed E-state index contributed by atoms with van der Waals surface area (Å²) in [5.74, 6) is 1.31. The SMILES string of the molecule is CCNC(=O)COc1cccc(CN=C(NCC)NCCc2ncc(C)s2)c1.I. The number of aliphatic imine (C=N–C) groups is 1. The van der Waals surface area contributed by atoms with E-state index in [0.717, 1.165) is 36.0 Å². The molecular formula is C20H30IN5O2S. The van der Waals surface area contributed by atoms with Crippen molar-refractivity contribution in [2.75, 3.05) is 26.2 Å². The van der Waals surface area contributed by atoms with Crippen molar-refractivity contribution in [1.29, 1.82) is 0 Å². The first-order valence-corrected chi connectivity index (χ1v) is 10.3. The van der Waals surface area contributed by atoms with E-state index in [9.17, 15) is 4.79 Å². The van der Waals surface area contributed by atoms with Crippen molar-refractivity contribution in [3.8, 4) is 5.75 Å². The Hall–Kier alpha value is -1.88. The van der Waals surface area contributed by atoms with Crippen LogP contribution in [-0.4, -0.2) is 43.1 Å². The van der Waals surface area contributed by atoms with E-state index in [4.69, 9.17) is 4.74 Å². The van der Waals surface area contributed by atoms with Gasteiger partial charge in [-0.05, 0) is 38.5 Å². The van der Waals surface area contributed by atoms with E-state index in [1.54, 1.807) is 11.3 Å². The summed E-state index contributed by atoms with van der Waals surface area (Å²) >= 11 is 1.72. The summed E-state index contributed by atoms with van der Waals surface area (Å²) in [6.45, 7) is 8.67. The number of benzene rings is 1. The van der Waals surface area contributed by atoms with Crippen LogP contribution in [0.15, 0.2) is 35.5 Å². The number of likely N-dealkylation sites (N-methyl/N-ethyl adjacent to an activating group) is 1. The van der Waals surface area contributed by atoms with Gasteiger partial charge in [-0.25, -0.2) is 9.98 Å². The predicted octanol–water partition coefficient (Wildman–Crippen LogP) is 2.88. The average Bonchev–Trinajstić information content (AvgIpc) is 3.10. The number of halogens is 1. The molecule has 0 aliphatic carbocycles. The van der Waals surface area contributed by atoms with Crippen LogP contribution in [0.1, 0.15) is 29.3 Å². The molecule has 1 aromatic heterocycles. The summed E-state index contributed by atoms with van der Waals surface area (Å²) in [4.78, 5) is 21.7. The third kappa shape index (κ3) is 9.93. The third-order valence-corrected chi connectivity index (χ3v) is 4.68. The van der Waals surface area contributed by atoms with Crippen LogP contribution in [0, 0.1) is 6.92 Å². The smallest absolute Gasteiger partial charge is 0.257 e. The molecule has 0 fully saturated rings. The van der Waals surface area contributed by atoms with Crippen molar-refractivity contribution in [3.05, 3.63) is 45.9 Å². The minimum absolute atomic E-state index is 0. The van der Waals surface area contributed by atoms with E-state index in [1.807, 2.05) is 44.3 Å². The Bertz CT molecular complexity index is 782. The lowest BCUT2D eigenvalue weighted by Crippen LogP contribution is -2.38. The Labute approximate surface area is 193 Å². The molecule has 1 aromatic carbocycles. The van der Waals surface area contributed by atoms with Crippen LogP contribution in [0.5, 0.6) is 5.75 Å². The van der Waals surface area contributed by atoms with Crippen LogP contribution in [0.3, 0.4) is 0 Å². The third-order valence-electron chi connectivity index (χ3n) is 3.71. The fourth-order valence-corrected chi connectivity index (χ4v) is 3.23. The summed E-state index contributed by atoms with van der Waals surface area (Å²) in [6, 6.07) is 7.64. The van der Waals surface area contributed by atoms with Crippen LogP contribution in [0.2, 0.25) is 0 Å². The highest BCUT2D eigenvalue weighted by molar-refractivity contribution is 14.0. The van der Waals surface area contributed by atoms with Crippen molar-refractivity contribution in [2.24, 2.45) is 4.99 Å². The molecule has 2 aromatic rings. The molecule has 0 bridgehead atoms. The molecule has 1 heterocycles. The van der Waals surface area contributed by atoms with Crippen molar-refractivity contribution in [1.82, 2.24) is 20.9 Å². The number of thiazole rings is 1. The standard InChI is InChI=1S/C20H29N5O2S.HI/c1-4-21-18(26)14-27-17-8-6-7-16(11-17)13-25-20(22-5-2)23-10-9-19-24-12-15(3)28-19;/h6-8,11-12H,4-5,9-10,13-14H2,1-3H3,(H,21,26)(H2,22,23,25);1H. The summed E-state index contributed by atoms with van der Waals surface area (Å²) in [5, 5.41) is 10.4. The van der Waals surface area contributed by atoms with Gasteiger partial charge >= 0.3 is 0 Å². The monoisotopic (exact) mass is 531 g/mol. The van der Waals surface area contributed by atoms with Crippen LogP contribution < -0.4 is 20.7 Å². The largest absolute Gasteiger partial charge is 0.484 e. The zero-order valence-corrected chi connectivity index (χ0v) is 20.3. The number of guanidine groups is 1. The van der Waals surface area contributed by atoms with Gasteiger partial charge < -0.3 is 20.7 Å². The molecule has 2 rings (SSSR count). The number of nitrogens with one attached hydrogen (secondary N) is 3. The first-order chi connectivity index (χ1) is 13.6. The van der Waals surface area contributed by atoms with Gasteiger partial charge in [-0.15, -0.1) is 35.3 Å². The molecule has 0 spiro atoms. The Morgan fingerprint density at radius 1 is 1.21 bits per heavy atom. The Morgan fingerprint density at radius 3 is 2.69 bits per heavy atom. The molecule has 9 heteroatoms. The number of carbonyl (C=O) groups is 1. The van der Waals surface area contributed by atoms with Gasteiger partial charge in [0.05, 0.1) is 11.6 Å². The number of nitrogens with zero attached hydrogens (tertiary/aromatic N) is 2. The van der Waals surface area contributed by atoms with Crippen LogP contribution in [-0.2, 0) is 17.8 Å². The van der Waals surface area contributed by atoms with Gasteiger partial charge in [0.1, 0.15) is 5.75 Å². The maximum absolute atomic E-state index is 11.5. The summed E-state index contributed by atoms with van der Waals surface area (Å²) in [5.41, 5.74) is 1.01. The van der Waals surface area contributed by atoms with Crippen molar-refractivity contribution in [3.63, 3.8) is 0 Å². The first-order valence-electron chi connectivity index (χ1n) is 9.52. The van der Waals surface area contributed by atoms with Crippen molar-refractivity contribution < 1.29 is 9.53 Å². The number of amides is 1. The molecule has 0 radical (unpaired) electrons. The molecule has 0 saturated heterocycles. The lowest BCUT2D eigenvalue weighted by molar-refractivity contribution is -0.122. The molecule has 0 aliphatic rings. The Balaban J connectivity index is 0.00000420. The zero-order chi connectivity index (χ0) is 20.2. The minimum atomic E-state index is -0.125. The van der Waals surface area contributed by atoms with E-state index in [-0.39, 0.29) is 36.5 Å². The van der Waals surface area contributed by atoms with E-state index >= 15 is 0 Å². The fraction of sp³-hybridized carbons (Fsp3) is 0.450. The molecule has 1 amide bonds. The molecule has 3 N–H and O–H groups in total. The quantitative estimate of drug-likeness (QED) is 0.250. The highest BCUT2D eigenvalue weighted by Gasteiger charge is 2.03. The van der Waals surface area contributed by atoms with Crippen LogP contribution >= 0.6 is 35.3 Å². The molecule has 0 aliphatic heterocycles. The molecular weight excluding hydrogens is 501 g/mol. The second kappa shape index (κ2) is 14.2. The van der Waals surface area contributed by atoms with E-state index in [2.05, 4.69) is 32.9 Å². The average molecular weight is 531 g/mol. The predicted molar refractivity (Wildman–Crippen MR) is 129 cm³/mol. The number of aryl methyl sites for hydroxylation is 1. The van der Waals surface area contributed by atoms with Gasteiger partial charge in [0.2, 0.25) is 0 Å². The molecule has 29 heavy (non-hydrogen) atoms. The van der Waals surface area contributed by atoms with Gasteiger partial charge in [-0.3, -0.25) is 4.79 Å². The van der Waals surface area contributed by atoms with Crippen molar-refractivity contribution in [2.45, 2.75) is 33.7 Å². The van der Waals surface area contributed by atoms with E-state index < -0.39 is 0 Å². The lowest BCUT2D eigenvalue weighted by Gasteiger charge is -2.11. The van der Waals surface area contributed by atoms with Gasteiger partial charge in [0.25, 0.3) is 5.91 Å². The van der Waals surface area contributed by atoms with Gasteiger partial charge in [0.15, 0.2) is 12.6 Å². The van der Waals surface area contributed by atoms with Gasteiger partial charge in [-0.2, -0.15) is 0 Å². The topological polar surface area (TPSA) is 87.6 Å². The highest BCUT2D eigenvalue weighted by Crippen LogP contribution is 2.14. The first kappa shape index (κ1) is 25.2.